The Morgan fingerprint density at radius 3 is 2.38 bits per heavy atom. The maximum absolute atomic E-state index is 12.6. The van der Waals surface area contributed by atoms with E-state index in [0.717, 1.165) is 0 Å². The molecule has 0 aliphatic carbocycles. The second kappa shape index (κ2) is 5.37. The number of nitrogens with two attached hydrogens (primary N) is 1. The number of carbonyl (C=O) groups is 2. The zero-order valence-corrected chi connectivity index (χ0v) is 8.52. The lowest BCUT2D eigenvalue weighted by Gasteiger charge is -2.05. The van der Waals surface area contributed by atoms with Crippen LogP contribution in [0.4, 0.5) is 4.39 Å². The van der Waals surface area contributed by atoms with Gasteiger partial charge in [0.1, 0.15) is 11.9 Å². The van der Waals surface area contributed by atoms with Gasteiger partial charge in [-0.05, 0) is 30.7 Å². The van der Waals surface area contributed by atoms with Gasteiger partial charge in [-0.15, -0.1) is 0 Å². The molecule has 0 fully saturated rings. The molecule has 4 nitrogen and oxygen atoms in total. The number of halogens is 1. The van der Waals surface area contributed by atoms with Crippen molar-refractivity contribution in [1.82, 2.24) is 0 Å². The molecule has 0 bridgehead atoms. The molecule has 0 spiro atoms. The van der Waals surface area contributed by atoms with E-state index in [2.05, 4.69) is 0 Å². The highest BCUT2D eigenvalue weighted by atomic mass is 19.1. The summed E-state index contributed by atoms with van der Waals surface area (Å²) in [5.74, 6) is -1.79. The third-order valence-corrected chi connectivity index (χ3v) is 2.17. The fourth-order valence-corrected chi connectivity index (χ4v) is 1.19. The lowest BCUT2D eigenvalue weighted by atomic mass is 10.0. The number of ketones is 1. The van der Waals surface area contributed by atoms with Crippen LogP contribution < -0.4 is 5.73 Å². The molecule has 0 amide bonds. The minimum absolute atomic E-state index is 0.0408. The number of aliphatic carboxylic acids is 1. The Hall–Kier alpha value is -1.75. The van der Waals surface area contributed by atoms with Gasteiger partial charge in [0.2, 0.25) is 0 Å². The number of carbonyl (C=O) groups excluding carboxylic acids is 1. The Kier molecular flexibility index (Phi) is 4.13. The van der Waals surface area contributed by atoms with Crippen LogP contribution in [0.1, 0.15) is 23.2 Å². The number of hydrogen-bond donors (Lipinski definition) is 2. The highest BCUT2D eigenvalue weighted by Crippen LogP contribution is 2.08. The monoisotopic (exact) mass is 225 g/mol. The van der Waals surface area contributed by atoms with Gasteiger partial charge in [-0.3, -0.25) is 9.59 Å². The van der Waals surface area contributed by atoms with Crippen LogP contribution in [0.2, 0.25) is 0 Å². The van der Waals surface area contributed by atoms with Crippen molar-refractivity contribution in [3.8, 4) is 0 Å². The van der Waals surface area contributed by atoms with Crippen LogP contribution >= 0.6 is 0 Å². The van der Waals surface area contributed by atoms with Crippen molar-refractivity contribution in [2.24, 2.45) is 5.73 Å². The van der Waals surface area contributed by atoms with Crippen LogP contribution in [0.3, 0.4) is 0 Å². The van der Waals surface area contributed by atoms with E-state index in [-0.39, 0.29) is 18.6 Å². The van der Waals surface area contributed by atoms with E-state index >= 15 is 0 Å². The molecule has 3 N–H and O–H groups in total. The molecule has 0 radical (unpaired) electrons. The maximum atomic E-state index is 12.6. The average molecular weight is 225 g/mol. The number of Topliss-reactive ketones (excluding diaryl/α,β-unsaturated/α-hetero) is 1. The molecule has 1 aromatic carbocycles. The summed E-state index contributed by atoms with van der Waals surface area (Å²) in [5.41, 5.74) is 5.62. The van der Waals surface area contributed by atoms with Gasteiger partial charge in [-0.25, -0.2) is 4.39 Å². The van der Waals surface area contributed by atoms with Crippen molar-refractivity contribution in [3.63, 3.8) is 0 Å². The Labute approximate surface area is 91.9 Å². The molecule has 0 aliphatic heterocycles. The van der Waals surface area contributed by atoms with Crippen LogP contribution in [0.15, 0.2) is 24.3 Å². The standard InChI is InChI=1S/C11H12FNO3/c12-8-3-1-7(2-4-8)10(14)6-5-9(13)11(15)16/h1-4,9H,5-6,13H2,(H,15,16)/t9-/m0/s1. The molecule has 0 aromatic heterocycles. The second-order valence-electron chi connectivity index (χ2n) is 3.41. The summed E-state index contributed by atoms with van der Waals surface area (Å²) in [7, 11) is 0. The molecule has 1 aromatic rings. The predicted octanol–water partition coefficient (Wildman–Crippen LogP) is 1.20. The van der Waals surface area contributed by atoms with Gasteiger partial charge in [0, 0.05) is 12.0 Å². The third-order valence-electron chi connectivity index (χ3n) is 2.17. The first-order chi connectivity index (χ1) is 7.50. The summed E-state index contributed by atoms with van der Waals surface area (Å²) in [6.07, 6.45) is 0.116. The smallest absolute Gasteiger partial charge is 0.320 e. The molecule has 86 valence electrons. The van der Waals surface area contributed by atoms with E-state index < -0.39 is 17.8 Å². The summed E-state index contributed by atoms with van der Waals surface area (Å²) < 4.78 is 12.6. The molecule has 5 heteroatoms. The Bertz CT molecular complexity index is 389. The first kappa shape index (κ1) is 12.3. The third kappa shape index (κ3) is 3.43. The van der Waals surface area contributed by atoms with Gasteiger partial charge >= 0.3 is 5.97 Å². The predicted molar refractivity (Wildman–Crippen MR) is 55.6 cm³/mol. The maximum Gasteiger partial charge on any atom is 0.320 e. The summed E-state index contributed by atoms with van der Waals surface area (Å²) in [5, 5.41) is 8.52. The lowest BCUT2D eigenvalue weighted by Crippen LogP contribution is -2.30. The molecule has 0 saturated carbocycles. The van der Waals surface area contributed by atoms with Crippen molar-refractivity contribution in [1.29, 1.82) is 0 Å². The summed E-state index contributed by atoms with van der Waals surface area (Å²) in [4.78, 5) is 21.9. The summed E-state index contributed by atoms with van der Waals surface area (Å²) in [6.45, 7) is 0. The van der Waals surface area contributed by atoms with Gasteiger partial charge in [0.25, 0.3) is 0 Å². The van der Waals surface area contributed by atoms with Crippen LogP contribution in [-0.2, 0) is 4.79 Å². The van der Waals surface area contributed by atoms with Crippen LogP contribution in [0.25, 0.3) is 0 Å². The topological polar surface area (TPSA) is 80.4 Å². The zero-order chi connectivity index (χ0) is 12.1. The normalized spacial score (nSPS) is 12.1. The van der Waals surface area contributed by atoms with Crippen molar-refractivity contribution in [2.75, 3.05) is 0 Å². The average Bonchev–Trinajstić information content (AvgIpc) is 2.26. The molecule has 1 atom stereocenters. The van der Waals surface area contributed by atoms with Crippen LogP contribution in [0, 0.1) is 5.82 Å². The molecule has 0 heterocycles. The number of hydrogen-bond acceptors (Lipinski definition) is 3. The SMILES string of the molecule is N[C@@H](CCC(=O)c1ccc(F)cc1)C(=O)O. The first-order valence-electron chi connectivity index (χ1n) is 4.78. The van der Waals surface area contributed by atoms with Gasteiger partial charge in [-0.2, -0.15) is 0 Å². The zero-order valence-electron chi connectivity index (χ0n) is 8.52. The van der Waals surface area contributed by atoms with E-state index in [1.54, 1.807) is 0 Å². The molecule has 0 aliphatic rings. The number of rotatable bonds is 5. The lowest BCUT2D eigenvalue weighted by molar-refractivity contribution is -0.138. The summed E-state index contributed by atoms with van der Waals surface area (Å²) in [6, 6.07) is 4.06. The van der Waals surface area contributed by atoms with E-state index in [9.17, 15) is 14.0 Å². The van der Waals surface area contributed by atoms with E-state index in [1.807, 2.05) is 0 Å². The molecule has 0 unspecified atom stereocenters. The number of carboxylic acids is 1. The number of carboxylic acid groups (broad SMARTS) is 1. The minimum atomic E-state index is -1.13. The van der Waals surface area contributed by atoms with Crippen molar-refractivity contribution in [2.45, 2.75) is 18.9 Å². The highest BCUT2D eigenvalue weighted by molar-refractivity contribution is 5.96. The van der Waals surface area contributed by atoms with Gasteiger partial charge in [-0.1, -0.05) is 0 Å². The minimum Gasteiger partial charge on any atom is -0.480 e. The Balaban J connectivity index is 2.53. The van der Waals surface area contributed by atoms with E-state index in [1.165, 1.54) is 24.3 Å². The molecular weight excluding hydrogens is 213 g/mol. The molecule has 1 rings (SSSR count). The van der Waals surface area contributed by atoms with Crippen LogP contribution in [-0.4, -0.2) is 22.9 Å². The largest absolute Gasteiger partial charge is 0.480 e. The van der Waals surface area contributed by atoms with Crippen molar-refractivity contribution in [3.05, 3.63) is 35.6 Å². The van der Waals surface area contributed by atoms with Gasteiger partial charge in [0.05, 0.1) is 0 Å². The summed E-state index contributed by atoms with van der Waals surface area (Å²) >= 11 is 0. The molecular formula is C11H12FNO3. The Morgan fingerprint density at radius 2 is 1.88 bits per heavy atom. The second-order valence-corrected chi connectivity index (χ2v) is 3.41. The van der Waals surface area contributed by atoms with E-state index in [0.29, 0.717) is 5.56 Å². The Morgan fingerprint density at radius 1 is 1.31 bits per heavy atom. The fraction of sp³-hybridized carbons (Fsp3) is 0.273. The van der Waals surface area contributed by atoms with Crippen molar-refractivity contribution >= 4 is 11.8 Å². The quantitative estimate of drug-likeness (QED) is 0.738. The van der Waals surface area contributed by atoms with Gasteiger partial charge in [0.15, 0.2) is 5.78 Å². The highest BCUT2D eigenvalue weighted by Gasteiger charge is 2.14. The van der Waals surface area contributed by atoms with Gasteiger partial charge < -0.3 is 10.8 Å². The molecule has 16 heavy (non-hydrogen) atoms. The van der Waals surface area contributed by atoms with E-state index in [4.69, 9.17) is 10.8 Å². The van der Waals surface area contributed by atoms with Crippen LogP contribution in [0.5, 0.6) is 0 Å². The first-order valence-corrected chi connectivity index (χ1v) is 4.78. The van der Waals surface area contributed by atoms with Crippen molar-refractivity contribution < 1.29 is 19.1 Å². The molecule has 0 saturated heterocycles. The number of benzene rings is 1. The fourth-order valence-electron chi connectivity index (χ4n) is 1.19.